The van der Waals surface area contributed by atoms with Crippen molar-refractivity contribution in [3.8, 4) is 0 Å². The van der Waals surface area contributed by atoms with Gasteiger partial charge in [-0.1, -0.05) is 20.8 Å². The minimum absolute atomic E-state index is 0.0474. The second-order valence-electron chi connectivity index (χ2n) is 4.00. The maximum atomic E-state index is 9.80. The van der Waals surface area contributed by atoms with Crippen LogP contribution >= 0.6 is 0 Å². The highest BCUT2D eigenvalue weighted by atomic mass is 16.5. The third kappa shape index (κ3) is 1.64. The minimum Gasteiger partial charge on any atom is -0.390 e. The number of hydrogen-bond donors (Lipinski definition) is 1. The van der Waals surface area contributed by atoms with E-state index in [1.807, 2.05) is 0 Å². The van der Waals surface area contributed by atoms with Gasteiger partial charge in [-0.2, -0.15) is 0 Å². The van der Waals surface area contributed by atoms with Gasteiger partial charge in [-0.15, -0.1) is 0 Å². The van der Waals surface area contributed by atoms with Crippen molar-refractivity contribution >= 4 is 0 Å². The molecule has 72 valence electrons. The molecule has 1 N–H and O–H groups in total. The summed E-state index contributed by atoms with van der Waals surface area (Å²) < 4.78 is 5.68. The van der Waals surface area contributed by atoms with E-state index in [4.69, 9.17) is 4.74 Å². The zero-order valence-corrected chi connectivity index (χ0v) is 8.45. The second kappa shape index (κ2) is 3.75. The van der Waals surface area contributed by atoms with E-state index < -0.39 is 0 Å². The first kappa shape index (κ1) is 10.0. The maximum Gasteiger partial charge on any atom is 0.0837 e. The Kier molecular flexibility index (Phi) is 3.13. The predicted molar refractivity (Wildman–Crippen MR) is 49.0 cm³/mol. The summed E-state index contributed by atoms with van der Waals surface area (Å²) in [6.45, 7) is 8.40. The summed E-state index contributed by atoms with van der Waals surface area (Å²) in [6.07, 6.45) is 0.962. The van der Waals surface area contributed by atoms with Crippen LogP contribution in [0.25, 0.3) is 0 Å². The van der Waals surface area contributed by atoms with Gasteiger partial charge in [0.1, 0.15) is 0 Å². The predicted octanol–water partition coefficient (Wildman–Crippen LogP) is 1.82. The third-order valence-corrected chi connectivity index (χ3v) is 3.28. The molecule has 0 aromatic heterocycles. The Hall–Kier alpha value is -0.0800. The molecular weight excluding hydrogens is 152 g/mol. The van der Waals surface area contributed by atoms with Crippen LogP contribution in [0.2, 0.25) is 0 Å². The molecule has 1 aliphatic rings. The molecule has 0 aromatic rings. The highest BCUT2D eigenvalue weighted by Gasteiger charge is 2.37. The summed E-state index contributed by atoms with van der Waals surface area (Å²) in [7, 11) is 0. The molecule has 0 bridgehead atoms. The van der Waals surface area contributed by atoms with E-state index in [9.17, 15) is 5.11 Å². The molecule has 5 atom stereocenters. The fourth-order valence-electron chi connectivity index (χ4n) is 1.89. The van der Waals surface area contributed by atoms with Gasteiger partial charge >= 0.3 is 0 Å². The van der Waals surface area contributed by atoms with Crippen molar-refractivity contribution in [1.29, 1.82) is 0 Å². The van der Waals surface area contributed by atoms with Crippen LogP contribution in [0.3, 0.4) is 0 Å². The number of rotatable bonds is 1. The van der Waals surface area contributed by atoms with E-state index >= 15 is 0 Å². The van der Waals surface area contributed by atoms with E-state index in [1.165, 1.54) is 0 Å². The fraction of sp³-hybridized carbons (Fsp3) is 1.00. The van der Waals surface area contributed by atoms with Crippen LogP contribution in [-0.4, -0.2) is 23.4 Å². The molecule has 1 rings (SSSR count). The van der Waals surface area contributed by atoms with Gasteiger partial charge < -0.3 is 9.84 Å². The number of ether oxygens (including phenoxy) is 1. The van der Waals surface area contributed by atoms with Crippen molar-refractivity contribution in [2.75, 3.05) is 0 Å². The topological polar surface area (TPSA) is 29.5 Å². The molecule has 1 fully saturated rings. The molecule has 1 aliphatic heterocycles. The minimum atomic E-state index is -0.277. The Morgan fingerprint density at radius 3 is 2.25 bits per heavy atom. The van der Waals surface area contributed by atoms with Crippen LogP contribution in [0.5, 0.6) is 0 Å². The largest absolute Gasteiger partial charge is 0.390 e. The van der Waals surface area contributed by atoms with E-state index in [0.717, 1.165) is 6.42 Å². The number of aliphatic hydroxyl groups excluding tert-OH is 1. The lowest BCUT2D eigenvalue weighted by Crippen LogP contribution is -2.47. The Morgan fingerprint density at radius 1 is 1.17 bits per heavy atom. The van der Waals surface area contributed by atoms with Crippen LogP contribution in [-0.2, 0) is 4.74 Å². The van der Waals surface area contributed by atoms with Crippen LogP contribution in [0, 0.1) is 11.8 Å². The van der Waals surface area contributed by atoms with E-state index in [0.29, 0.717) is 11.8 Å². The molecular formula is C10H20O2. The Labute approximate surface area is 74.9 Å². The van der Waals surface area contributed by atoms with Crippen molar-refractivity contribution in [3.05, 3.63) is 0 Å². The molecule has 12 heavy (non-hydrogen) atoms. The van der Waals surface area contributed by atoms with Crippen molar-refractivity contribution < 1.29 is 9.84 Å². The summed E-state index contributed by atoms with van der Waals surface area (Å²) in [5, 5.41) is 9.80. The Bertz CT molecular complexity index is 142. The standard InChI is InChI=1S/C10H20O2/c1-5-9-10(11)7(3)6(2)8(4)12-9/h6-11H,5H2,1-4H3/t6-,7+,8+,9+,10+/m0/s1. The van der Waals surface area contributed by atoms with Crippen LogP contribution in [0.15, 0.2) is 0 Å². The van der Waals surface area contributed by atoms with E-state index in [2.05, 4.69) is 27.7 Å². The molecule has 1 heterocycles. The van der Waals surface area contributed by atoms with Gasteiger partial charge in [0.25, 0.3) is 0 Å². The van der Waals surface area contributed by atoms with Gasteiger partial charge in [-0.05, 0) is 25.2 Å². The molecule has 0 aliphatic carbocycles. The highest BCUT2D eigenvalue weighted by Crippen LogP contribution is 2.31. The number of hydrogen-bond acceptors (Lipinski definition) is 2. The maximum absolute atomic E-state index is 9.80. The van der Waals surface area contributed by atoms with Gasteiger partial charge in [0, 0.05) is 0 Å². The average Bonchev–Trinajstić information content (AvgIpc) is 2.08. The molecule has 0 saturated carbocycles. The molecule has 0 unspecified atom stereocenters. The summed E-state index contributed by atoms with van der Waals surface area (Å²) in [4.78, 5) is 0. The van der Waals surface area contributed by atoms with E-state index in [-0.39, 0.29) is 18.3 Å². The van der Waals surface area contributed by atoms with Gasteiger partial charge in [-0.25, -0.2) is 0 Å². The normalized spacial score (nSPS) is 49.2. The van der Waals surface area contributed by atoms with Crippen LogP contribution in [0.1, 0.15) is 34.1 Å². The lowest BCUT2D eigenvalue weighted by molar-refractivity contribution is -0.162. The van der Waals surface area contributed by atoms with Gasteiger partial charge in [0.15, 0.2) is 0 Å². The highest BCUT2D eigenvalue weighted by molar-refractivity contribution is 4.85. The van der Waals surface area contributed by atoms with Crippen molar-refractivity contribution in [3.63, 3.8) is 0 Å². The molecule has 0 radical (unpaired) electrons. The van der Waals surface area contributed by atoms with E-state index in [1.54, 1.807) is 0 Å². The summed E-state index contributed by atoms with van der Waals surface area (Å²) in [5.41, 5.74) is 0. The smallest absolute Gasteiger partial charge is 0.0837 e. The van der Waals surface area contributed by atoms with Crippen molar-refractivity contribution in [1.82, 2.24) is 0 Å². The first-order chi connectivity index (χ1) is 5.57. The Balaban J connectivity index is 2.63. The first-order valence-electron chi connectivity index (χ1n) is 4.91. The monoisotopic (exact) mass is 172 g/mol. The molecule has 0 amide bonds. The molecule has 2 nitrogen and oxygen atoms in total. The van der Waals surface area contributed by atoms with Gasteiger partial charge in [0.05, 0.1) is 18.3 Å². The lowest BCUT2D eigenvalue weighted by atomic mass is 9.81. The molecule has 0 spiro atoms. The quantitative estimate of drug-likeness (QED) is 0.653. The van der Waals surface area contributed by atoms with Crippen molar-refractivity contribution in [2.45, 2.75) is 52.4 Å². The molecule has 1 saturated heterocycles. The average molecular weight is 172 g/mol. The molecule has 0 aromatic carbocycles. The fourth-order valence-corrected chi connectivity index (χ4v) is 1.89. The summed E-state index contributed by atoms with van der Waals surface area (Å²) in [5.74, 6) is 0.821. The Morgan fingerprint density at radius 2 is 1.75 bits per heavy atom. The second-order valence-corrected chi connectivity index (χ2v) is 4.00. The summed E-state index contributed by atoms with van der Waals surface area (Å²) >= 11 is 0. The zero-order chi connectivity index (χ0) is 9.30. The first-order valence-corrected chi connectivity index (χ1v) is 4.91. The zero-order valence-electron chi connectivity index (χ0n) is 8.45. The van der Waals surface area contributed by atoms with Crippen LogP contribution < -0.4 is 0 Å². The third-order valence-electron chi connectivity index (χ3n) is 3.28. The van der Waals surface area contributed by atoms with Crippen molar-refractivity contribution in [2.24, 2.45) is 11.8 Å². The lowest BCUT2D eigenvalue weighted by Gasteiger charge is -2.41. The van der Waals surface area contributed by atoms with Gasteiger partial charge in [0.2, 0.25) is 0 Å². The SMILES string of the molecule is CC[C@H]1O[C@H](C)[C@@H](C)[C@@H](C)[C@H]1O. The number of aliphatic hydroxyl groups is 1. The summed E-state index contributed by atoms with van der Waals surface area (Å²) in [6, 6.07) is 0. The van der Waals surface area contributed by atoms with Crippen LogP contribution in [0.4, 0.5) is 0 Å². The van der Waals surface area contributed by atoms with Gasteiger partial charge in [-0.3, -0.25) is 0 Å². The molecule has 2 heteroatoms.